The van der Waals surface area contributed by atoms with Crippen LogP contribution in [0.4, 0.5) is 5.69 Å². The van der Waals surface area contributed by atoms with Gasteiger partial charge in [-0.1, -0.05) is 13.8 Å². The summed E-state index contributed by atoms with van der Waals surface area (Å²) in [7, 11) is 1.30. The number of hydrogen-bond acceptors (Lipinski definition) is 5. The Morgan fingerprint density at radius 2 is 2.28 bits per heavy atom. The van der Waals surface area contributed by atoms with Gasteiger partial charge >= 0.3 is 5.97 Å². The molecular weight excluding hydrogens is 302 g/mol. The first kappa shape index (κ1) is 14.7. The smallest absolute Gasteiger partial charge is 0.325 e. The van der Waals surface area contributed by atoms with Gasteiger partial charge in [-0.05, 0) is 21.8 Å². The lowest BCUT2D eigenvalue weighted by molar-refractivity contribution is -0.138. The molecule has 100 valence electrons. The molecule has 0 saturated carbocycles. The first-order valence-electron chi connectivity index (χ1n) is 5.52. The molecule has 0 unspecified atom stereocenters. The summed E-state index contributed by atoms with van der Waals surface area (Å²) in [4.78, 5) is 22.9. The maximum Gasteiger partial charge on any atom is 0.325 e. The normalized spacial score (nSPS) is 10.5. The molecule has 1 aromatic rings. The van der Waals surface area contributed by atoms with Gasteiger partial charge in [0.25, 0.3) is 5.56 Å². The van der Waals surface area contributed by atoms with Crippen molar-refractivity contribution in [2.45, 2.75) is 20.4 Å². The largest absolute Gasteiger partial charge is 0.468 e. The highest BCUT2D eigenvalue weighted by Crippen LogP contribution is 2.15. The fourth-order valence-corrected chi connectivity index (χ4v) is 1.75. The molecular formula is C11H16BrN3O3. The van der Waals surface area contributed by atoms with Crippen LogP contribution in [0.5, 0.6) is 0 Å². The second-order valence-electron chi connectivity index (χ2n) is 4.18. The highest BCUT2D eigenvalue weighted by Gasteiger charge is 2.10. The Labute approximate surface area is 113 Å². The van der Waals surface area contributed by atoms with Gasteiger partial charge in [0.2, 0.25) is 0 Å². The van der Waals surface area contributed by atoms with Crippen molar-refractivity contribution in [2.24, 2.45) is 5.92 Å². The number of carbonyl (C=O) groups excluding carboxylic acids is 1. The van der Waals surface area contributed by atoms with Crippen molar-refractivity contribution in [1.29, 1.82) is 0 Å². The molecule has 0 aromatic carbocycles. The van der Waals surface area contributed by atoms with Crippen LogP contribution >= 0.6 is 15.9 Å². The zero-order valence-corrected chi connectivity index (χ0v) is 12.2. The third kappa shape index (κ3) is 3.83. The highest BCUT2D eigenvalue weighted by atomic mass is 79.9. The highest BCUT2D eigenvalue weighted by molar-refractivity contribution is 9.10. The Balaban J connectivity index is 2.87. The quantitative estimate of drug-likeness (QED) is 0.827. The molecule has 18 heavy (non-hydrogen) atoms. The minimum Gasteiger partial charge on any atom is -0.468 e. The van der Waals surface area contributed by atoms with E-state index in [4.69, 9.17) is 0 Å². The first-order chi connectivity index (χ1) is 8.45. The number of halogens is 1. The number of esters is 1. The molecule has 0 amide bonds. The minimum absolute atomic E-state index is 0.00951. The molecule has 1 N–H and O–H groups in total. The second-order valence-corrected chi connectivity index (χ2v) is 4.98. The van der Waals surface area contributed by atoms with E-state index in [1.54, 1.807) is 0 Å². The van der Waals surface area contributed by atoms with E-state index >= 15 is 0 Å². The summed E-state index contributed by atoms with van der Waals surface area (Å²) in [5.74, 6) is -0.0794. The summed E-state index contributed by atoms with van der Waals surface area (Å²) in [5.41, 5.74) is 0.254. The fraction of sp³-hybridized carbons (Fsp3) is 0.545. The number of carbonyl (C=O) groups is 1. The zero-order valence-electron chi connectivity index (χ0n) is 10.6. The molecule has 1 rings (SSSR count). The van der Waals surface area contributed by atoms with Crippen LogP contribution in [0.25, 0.3) is 0 Å². The lowest BCUT2D eigenvalue weighted by Crippen LogP contribution is -2.27. The van der Waals surface area contributed by atoms with Crippen molar-refractivity contribution < 1.29 is 9.53 Å². The van der Waals surface area contributed by atoms with Crippen LogP contribution in [0.2, 0.25) is 0 Å². The van der Waals surface area contributed by atoms with Crippen LogP contribution in [-0.4, -0.2) is 29.4 Å². The molecule has 0 fully saturated rings. The third-order valence-corrected chi connectivity index (χ3v) is 2.94. The number of aromatic nitrogens is 2. The number of hydrogen-bond donors (Lipinski definition) is 1. The van der Waals surface area contributed by atoms with Crippen LogP contribution in [0, 0.1) is 5.92 Å². The van der Waals surface area contributed by atoms with Crippen molar-refractivity contribution >= 4 is 27.6 Å². The van der Waals surface area contributed by atoms with Crippen molar-refractivity contribution in [1.82, 2.24) is 9.78 Å². The molecule has 0 aliphatic heterocycles. The topological polar surface area (TPSA) is 73.2 Å². The van der Waals surface area contributed by atoms with Crippen LogP contribution in [0.15, 0.2) is 15.5 Å². The van der Waals surface area contributed by atoms with Crippen molar-refractivity contribution in [3.63, 3.8) is 0 Å². The van der Waals surface area contributed by atoms with Gasteiger partial charge in [0.1, 0.15) is 11.0 Å². The summed E-state index contributed by atoms with van der Waals surface area (Å²) in [6.45, 7) is 4.55. The molecule has 7 heteroatoms. The summed E-state index contributed by atoms with van der Waals surface area (Å²) < 4.78 is 6.25. The van der Waals surface area contributed by atoms with Crippen molar-refractivity contribution in [3.05, 3.63) is 21.0 Å². The standard InChI is InChI=1S/C11H16BrN3O3/c1-7(2)6-15-11(17)10(12)8(4-14-15)13-5-9(16)18-3/h4,7,13H,5-6H2,1-3H3. The number of nitrogens with one attached hydrogen (secondary N) is 1. The van der Waals surface area contributed by atoms with E-state index < -0.39 is 5.97 Å². The number of anilines is 1. The monoisotopic (exact) mass is 317 g/mol. The zero-order chi connectivity index (χ0) is 13.7. The molecule has 1 heterocycles. The Hall–Kier alpha value is -1.37. The molecule has 0 saturated heterocycles. The van der Waals surface area contributed by atoms with E-state index in [0.717, 1.165) is 0 Å². The summed E-state index contributed by atoms with van der Waals surface area (Å²) in [5, 5.41) is 6.83. The lowest BCUT2D eigenvalue weighted by Gasteiger charge is -2.11. The molecule has 0 aliphatic rings. The van der Waals surface area contributed by atoms with Crippen LogP contribution in [0.1, 0.15) is 13.8 Å². The third-order valence-electron chi connectivity index (χ3n) is 2.17. The van der Waals surface area contributed by atoms with Crippen LogP contribution in [-0.2, 0) is 16.1 Å². The van der Waals surface area contributed by atoms with E-state index in [2.05, 4.69) is 31.1 Å². The van der Waals surface area contributed by atoms with E-state index in [1.807, 2.05) is 13.8 Å². The van der Waals surface area contributed by atoms with Gasteiger partial charge in [0.15, 0.2) is 0 Å². The van der Waals surface area contributed by atoms with Crippen LogP contribution < -0.4 is 10.9 Å². The van der Waals surface area contributed by atoms with Gasteiger partial charge in [0, 0.05) is 6.54 Å². The molecule has 0 atom stereocenters. The number of rotatable bonds is 5. The van der Waals surface area contributed by atoms with Gasteiger partial charge < -0.3 is 10.1 Å². The van der Waals surface area contributed by atoms with Gasteiger partial charge in [0.05, 0.1) is 19.0 Å². The minimum atomic E-state index is -0.409. The van der Waals surface area contributed by atoms with E-state index in [1.165, 1.54) is 18.0 Å². The molecule has 0 spiro atoms. The lowest BCUT2D eigenvalue weighted by atomic mass is 10.2. The summed E-state index contributed by atoms with van der Waals surface area (Å²) in [6, 6.07) is 0. The van der Waals surface area contributed by atoms with E-state index in [9.17, 15) is 9.59 Å². The molecule has 0 aliphatic carbocycles. The fourth-order valence-electron chi connectivity index (χ4n) is 1.30. The average molecular weight is 318 g/mol. The Bertz CT molecular complexity index is 485. The van der Waals surface area contributed by atoms with Gasteiger partial charge in [-0.25, -0.2) is 4.68 Å². The van der Waals surface area contributed by atoms with Gasteiger partial charge in [-0.3, -0.25) is 9.59 Å². The molecule has 6 nitrogen and oxygen atoms in total. The summed E-state index contributed by atoms with van der Waals surface area (Å²) >= 11 is 3.21. The second kappa shape index (κ2) is 6.53. The maximum absolute atomic E-state index is 11.9. The average Bonchev–Trinajstić information content (AvgIpc) is 2.33. The summed E-state index contributed by atoms with van der Waals surface area (Å²) in [6.07, 6.45) is 1.51. The van der Waals surface area contributed by atoms with Crippen molar-refractivity contribution in [3.8, 4) is 0 Å². The molecule has 0 radical (unpaired) electrons. The molecule has 0 bridgehead atoms. The van der Waals surface area contributed by atoms with E-state index in [-0.39, 0.29) is 12.1 Å². The first-order valence-corrected chi connectivity index (χ1v) is 6.31. The Kier molecular flexibility index (Phi) is 5.33. The maximum atomic E-state index is 11.9. The van der Waals surface area contributed by atoms with Crippen LogP contribution in [0.3, 0.4) is 0 Å². The van der Waals surface area contributed by atoms with Gasteiger partial charge in [-0.2, -0.15) is 5.10 Å². The Morgan fingerprint density at radius 1 is 1.61 bits per heavy atom. The van der Waals surface area contributed by atoms with Crippen molar-refractivity contribution in [2.75, 3.05) is 19.0 Å². The number of ether oxygens (including phenoxy) is 1. The SMILES string of the molecule is COC(=O)CNc1cnn(CC(C)C)c(=O)c1Br. The predicted octanol–water partition coefficient (Wildman–Crippen LogP) is 1.25. The molecule has 1 aromatic heterocycles. The Morgan fingerprint density at radius 3 is 2.83 bits per heavy atom. The number of methoxy groups -OCH3 is 1. The number of nitrogens with zero attached hydrogens (tertiary/aromatic N) is 2. The van der Waals surface area contributed by atoms with Gasteiger partial charge in [-0.15, -0.1) is 0 Å². The van der Waals surface area contributed by atoms with E-state index in [0.29, 0.717) is 22.6 Å². The predicted molar refractivity (Wildman–Crippen MR) is 71.5 cm³/mol.